The molecule has 1 aromatic heterocycles. The van der Waals surface area contributed by atoms with Gasteiger partial charge in [0.25, 0.3) is 5.56 Å². The maximum atomic E-state index is 12.4. The van der Waals surface area contributed by atoms with Gasteiger partial charge >= 0.3 is 6.18 Å². The summed E-state index contributed by atoms with van der Waals surface area (Å²) >= 11 is 5.87. The van der Waals surface area contributed by atoms with Crippen LogP contribution < -0.4 is 5.56 Å². The predicted molar refractivity (Wildman–Crippen MR) is 57.2 cm³/mol. The Hall–Kier alpha value is -0.300. The third-order valence-electron chi connectivity index (χ3n) is 1.70. The van der Waals surface area contributed by atoms with E-state index >= 15 is 0 Å². The molecule has 0 unspecified atom stereocenters. The highest BCUT2D eigenvalue weighted by atomic mass is 79.9. The molecular weight excluding hydrogens is 343 g/mol. The molecule has 1 rings (SSSR count). The van der Waals surface area contributed by atoms with Gasteiger partial charge < -0.3 is 4.57 Å². The van der Waals surface area contributed by atoms with Crippen LogP contribution in [0.15, 0.2) is 21.5 Å². The Morgan fingerprint density at radius 2 is 2.00 bits per heavy atom. The minimum Gasteiger partial charge on any atom is -0.313 e. The molecule has 84 valence electrons. The molecule has 0 fully saturated rings. The lowest BCUT2D eigenvalue weighted by Gasteiger charge is -2.10. The van der Waals surface area contributed by atoms with Crippen LogP contribution in [-0.4, -0.2) is 9.90 Å². The SMILES string of the molecule is O=c1c(Br)cc(C(F)(F)F)cn1CCBr. The molecule has 1 aromatic rings. The van der Waals surface area contributed by atoms with Gasteiger partial charge in [0.15, 0.2) is 0 Å². The van der Waals surface area contributed by atoms with Gasteiger partial charge in [-0.05, 0) is 22.0 Å². The number of aromatic nitrogens is 1. The van der Waals surface area contributed by atoms with E-state index in [4.69, 9.17) is 0 Å². The predicted octanol–water partition coefficient (Wildman–Crippen LogP) is 3.02. The van der Waals surface area contributed by atoms with Gasteiger partial charge in [-0.25, -0.2) is 0 Å². The van der Waals surface area contributed by atoms with E-state index < -0.39 is 17.3 Å². The molecular formula is C8H6Br2F3NO. The summed E-state index contributed by atoms with van der Waals surface area (Å²) in [7, 11) is 0. The van der Waals surface area contributed by atoms with Crippen LogP contribution in [0.2, 0.25) is 0 Å². The second kappa shape index (κ2) is 4.69. The zero-order valence-electron chi connectivity index (χ0n) is 7.31. The minimum atomic E-state index is -4.44. The van der Waals surface area contributed by atoms with E-state index in [9.17, 15) is 18.0 Å². The molecule has 0 aliphatic heterocycles. The molecule has 15 heavy (non-hydrogen) atoms. The molecule has 0 radical (unpaired) electrons. The third-order valence-corrected chi connectivity index (χ3v) is 2.62. The maximum Gasteiger partial charge on any atom is 0.417 e. The first-order valence-corrected chi connectivity index (χ1v) is 5.81. The van der Waals surface area contributed by atoms with Gasteiger partial charge in [-0.2, -0.15) is 13.2 Å². The van der Waals surface area contributed by atoms with E-state index in [1.807, 2.05) is 0 Å². The standard InChI is InChI=1S/C8H6Br2F3NO/c9-1-2-14-4-5(8(11,12)13)3-6(10)7(14)15/h3-4H,1-2H2. The van der Waals surface area contributed by atoms with E-state index in [1.54, 1.807) is 0 Å². The second-order valence-corrected chi connectivity index (χ2v) is 4.41. The summed E-state index contributed by atoms with van der Waals surface area (Å²) in [6, 6.07) is 0.785. The number of hydrogen-bond donors (Lipinski definition) is 0. The lowest BCUT2D eigenvalue weighted by Crippen LogP contribution is -2.23. The first kappa shape index (κ1) is 12.8. The van der Waals surface area contributed by atoms with Crippen molar-refractivity contribution in [2.45, 2.75) is 12.7 Å². The Bertz CT molecular complexity index is 413. The molecule has 0 saturated heterocycles. The quantitative estimate of drug-likeness (QED) is 0.753. The van der Waals surface area contributed by atoms with Crippen LogP contribution in [-0.2, 0) is 12.7 Å². The molecule has 0 saturated carbocycles. The summed E-state index contributed by atoms with van der Waals surface area (Å²) in [5.41, 5.74) is -1.31. The van der Waals surface area contributed by atoms with Crippen LogP contribution in [0.5, 0.6) is 0 Å². The third kappa shape index (κ3) is 3.07. The van der Waals surface area contributed by atoms with E-state index in [0.29, 0.717) is 5.33 Å². The van der Waals surface area contributed by atoms with Crippen LogP contribution in [0.4, 0.5) is 13.2 Å². The summed E-state index contributed by atoms with van der Waals surface area (Å²) < 4.78 is 38.0. The maximum absolute atomic E-state index is 12.4. The van der Waals surface area contributed by atoms with Gasteiger partial charge in [0, 0.05) is 18.1 Å². The first-order chi connectivity index (χ1) is 6.86. The summed E-state index contributed by atoms with van der Waals surface area (Å²) in [5.74, 6) is 0. The van der Waals surface area contributed by atoms with E-state index in [2.05, 4.69) is 31.9 Å². The van der Waals surface area contributed by atoms with E-state index in [0.717, 1.165) is 16.8 Å². The Morgan fingerprint density at radius 1 is 1.40 bits per heavy atom. The van der Waals surface area contributed by atoms with Gasteiger partial charge in [-0.3, -0.25) is 4.79 Å². The zero-order chi connectivity index (χ0) is 11.6. The van der Waals surface area contributed by atoms with Gasteiger partial charge in [-0.15, -0.1) is 0 Å². The van der Waals surface area contributed by atoms with Crippen molar-refractivity contribution in [3.05, 3.63) is 32.7 Å². The average Bonchev–Trinajstić information content (AvgIpc) is 2.11. The fourth-order valence-corrected chi connectivity index (χ4v) is 1.87. The lowest BCUT2D eigenvalue weighted by atomic mass is 10.3. The molecule has 2 nitrogen and oxygen atoms in total. The highest BCUT2D eigenvalue weighted by Gasteiger charge is 2.31. The largest absolute Gasteiger partial charge is 0.417 e. The van der Waals surface area contributed by atoms with Gasteiger partial charge in [0.2, 0.25) is 0 Å². The van der Waals surface area contributed by atoms with Crippen molar-refractivity contribution in [3.63, 3.8) is 0 Å². The molecule has 0 atom stereocenters. The summed E-state index contributed by atoms with van der Waals surface area (Å²) in [5, 5.41) is 0.417. The molecule has 0 N–H and O–H groups in total. The van der Waals surface area contributed by atoms with Crippen molar-refractivity contribution in [2.24, 2.45) is 0 Å². The van der Waals surface area contributed by atoms with Crippen LogP contribution in [0.25, 0.3) is 0 Å². The number of halogens is 5. The summed E-state index contributed by atoms with van der Waals surface area (Å²) in [6.45, 7) is 0.196. The van der Waals surface area contributed by atoms with Crippen molar-refractivity contribution in [2.75, 3.05) is 5.33 Å². The van der Waals surface area contributed by atoms with Crippen LogP contribution in [0, 0.1) is 0 Å². The van der Waals surface area contributed by atoms with Crippen molar-refractivity contribution < 1.29 is 13.2 Å². The summed E-state index contributed by atoms with van der Waals surface area (Å²) in [6.07, 6.45) is -3.63. The molecule has 1 heterocycles. The number of nitrogens with zero attached hydrogens (tertiary/aromatic N) is 1. The second-order valence-electron chi connectivity index (χ2n) is 2.76. The smallest absolute Gasteiger partial charge is 0.313 e. The number of aryl methyl sites for hydroxylation is 1. The van der Waals surface area contributed by atoms with Crippen molar-refractivity contribution in [1.29, 1.82) is 0 Å². The molecule has 7 heteroatoms. The molecule has 0 amide bonds. The monoisotopic (exact) mass is 347 g/mol. The Labute approximate surface area is 100 Å². The average molecular weight is 349 g/mol. The number of alkyl halides is 4. The fraction of sp³-hybridized carbons (Fsp3) is 0.375. The van der Waals surface area contributed by atoms with Crippen molar-refractivity contribution in [1.82, 2.24) is 4.57 Å². The molecule has 0 aromatic carbocycles. The highest BCUT2D eigenvalue weighted by Crippen LogP contribution is 2.29. The van der Waals surface area contributed by atoms with Crippen molar-refractivity contribution in [3.8, 4) is 0 Å². The Kier molecular flexibility index (Phi) is 3.99. The summed E-state index contributed by atoms with van der Waals surface area (Å²) in [4.78, 5) is 11.4. The minimum absolute atomic E-state index is 0.0849. The van der Waals surface area contributed by atoms with Crippen LogP contribution in [0.3, 0.4) is 0 Å². The molecule has 0 aliphatic rings. The Morgan fingerprint density at radius 3 is 2.47 bits per heavy atom. The van der Waals surface area contributed by atoms with Gasteiger partial charge in [0.05, 0.1) is 10.0 Å². The van der Waals surface area contributed by atoms with Gasteiger partial charge in [-0.1, -0.05) is 15.9 Å². The van der Waals surface area contributed by atoms with Crippen molar-refractivity contribution >= 4 is 31.9 Å². The van der Waals surface area contributed by atoms with Crippen LogP contribution in [0.1, 0.15) is 5.56 Å². The first-order valence-electron chi connectivity index (χ1n) is 3.89. The number of pyridine rings is 1. The molecule has 0 spiro atoms. The molecule has 0 bridgehead atoms. The van der Waals surface area contributed by atoms with Crippen LogP contribution >= 0.6 is 31.9 Å². The topological polar surface area (TPSA) is 22.0 Å². The Balaban J connectivity index is 3.30. The number of rotatable bonds is 2. The lowest BCUT2D eigenvalue weighted by molar-refractivity contribution is -0.138. The fourth-order valence-electron chi connectivity index (χ4n) is 1.01. The zero-order valence-corrected chi connectivity index (χ0v) is 10.5. The molecule has 0 aliphatic carbocycles. The van der Waals surface area contributed by atoms with E-state index in [1.165, 1.54) is 0 Å². The van der Waals surface area contributed by atoms with Gasteiger partial charge in [0.1, 0.15) is 0 Å². The van der Waals surface area contributed by atoms with E-state index in [-0.39, 0.29) is 11.0 Å². The highest BCUT2D eigenvalue weighted by molar-refractivity contribution is 9.10. The normalized spacial score (nSPS) is 11.8. The number of hydrogen-bond acceptors (Lipinski definition) is 1.